The van der Waals surface area contributed by atoms with E-state index in [0.717, 1.165) is 22.4 Å². The van der Waals surface area contributed by atoms with E-state index in [1.165, 1.54) is 0 Å². The molecule has 0 saturated carbocycles. The second-order valence-electron chi connectivity index (χ2n) is 3.21. The van der Waals surface area contributed by atoms with E-state index in [1.54, 1.807) is 11.8 Å². The molecule has 0 amide bonds. The minimum absolute atomic E-state index is 0.580. The summed E-state index contributed by atoms with van der Waals surface area (Å²) in [6, 6.07) is 7.67. The number of benzene rings is 1. The normalized spacial score (nSPS) is 20.7. The van der Waals surface area contributed by atoms with Crippen molar-refractivity contribution in [2.45, 2.75) is 12.2 Å². The Hall–Kier alpha value is -0.670. The van der Waals surface area contributed by atoms with Crippen LogP contribution in [0.5, 0.6) is 0 Å². The average molecular weight is 227 g/mol. The van der Waals surface area contributed by atoms with Gasteiger partial charge in [0, 0.05) is 16.0 Å². The number of rotatable bonds is 1. The molecule has 14 heavy (non-hydrogen) atoms. The Morgan fingerprint density at radius 2 is 2.43 bits per heavy atom. The van der Waals surface area contributed by atoms with E-state index in [-0.39, 0.29) is 0 Å². The van der Waals surface area contributed by atoms with Crippen molar-refractivity contribution in [3.63, 3.8) is 0 Å². The molecule has 74 valence electrons. The van der Waals surface area contributed by atoms with Gasteiger partial charge in [-0.3, -0.25) is 4.99 Å². The molecule has 1 aliphatic rings. The SMILES string of the molecule is C[C@@H]1CN=C(Nc2cccc(Cl)c2)S1. The van der Waals surface area contributed by atoms with Crippen LogP contribution in [0.3, 0.4) is 0 Å². The molecule has 0 spiro atoms. The fraction of sp³-hybridized carbons (Fsp3) is 0.300. The van der Waals surface area contributed by atoms with Crippen LogP contribution in [0.4, 0.5) is 5.69 Å². The maximum atomic E-state index is 5.87. The predicted molar refractivity (Wildman–Crippen MR) is 64.4 cm³/mol. The molecule has 0 fully saturated rings. The summed E-state index contributed by atoms with van der Waals surface area (Å²) < 4.78 is 0. The van der Waals surface area contributed by atoms with E-state index in [4.69, 9.17) is 11.6 Å². The largest absolute Gasteiger partial charge is 0.335 e. The van der Waals surface area contributed by atoms with Crippen LogP contribution in [-0.2, 0) is 0 Å². The molecule has 4 heteroatoms. The number of nitrogens with zero attached hydrogens (tertiary/aromatic N) is 1. The molecular formula is C10H11ClN2S. The van der Waals surface area contributed by atoms with Gasteiger partial charge in [-0.1, -0.05) is 36.4 Å². The van der Waals surface area contributed by atoms with Crippen molar-refractivity contribution in [2.24, 2.45) is 4.99 Å². The van der Waals surface area contributed by atoms with Crippen LogP contribution in [-0.4, -0.2) is 17.0 Å². The number of nitrogens with one attached hydrogen (secondary N) is 1. The van der Waals surface area contributed by atoms with E-state index >= 15 is 0 Å². The molecule has 0 aliphatic carbocycles. The van der Waals surface area contributed by atoms with Crippen molar-refractivity contribution in [1.29, 1.82) is 0 Å². The fourth-order valence-electron chi connectivity index (χ4n) is 1.24. The van der Waals surface area contributed by atoms with Crippen molar-refractivity contribution in [2.75, 3.05) is 11.9 Å². The van der Waals surface area contributed by atoms with E-state index in [2.05, 4.69) is 17.2 Å². The molecule has 1 heterocycles. The van der Waals surface area contributed by atoms with E-state index in [0.29, 0.717) is 5.25 Å². The maximum absolute atomic E-state index is 5.87. The molecule has 2 nitrogen and oxygen atoms in total. The summed E-state index contributed by atoms with van der Waals surface area (Å²) in [5.41, 5.74) is 0.998. The van der Waals surface area contributed by atoms with Gasteiger partial charge in [0.1, 0.15) is 0 Å². The summed E-state index contributed by atoms with van der Waals surface area (Å²) in [5.74, 6) is 0. The second kappa shape index (κ2) is 4.24. The van der Waals surface area contributed by atoms with Crippen LogP contribution in [0.1, 0.15) is 6.92 Å². The third-order valence-corrected chi connectivity index (χ3v) is 3.12. The molecule has 0 unspecified atom stereocenters. The van der Waals surface area contributed by atoms with Crippen molar-refractivity contribution in [3.8, 4) is 0 Å². The smallest absolute Gasteiger partial charge is 0.161 e. The Balaban J connectivity index is 2.04. The highest BCUT2D eigenvalue weighted by Crippen LogP contribution is 2.23. The minimum atomic E-state index is 0.580. The highest BCUT2D eigenvalue weighted by atomic mass is 35.5. The maximum Gasteiger partial charge on any atom is 0.161 e. The van der Waals surface area contributed by atoms with Crippen LogP contribution in [0.15, 0.2) is 29.3 Å². The highest BCUT2D eigenvalue weighted by molar-refractivity contribution is 8.15. The van der Waals surface area contributed by atoms with Crippen LogP contribution in [0, 0.1) is 0 Å². The fourth-order valence-corrected chi connectivity index (χ4v) is 2.28. The molecule has 0 radical (unpaired) electrons. The Morgan fingerprint density at radius 1 is 1.57 bits per heavy atom. The van der Waals surface area contributed by atoms with E-state index in [9.17, 15) is 0 Å². The summed E-state index contributed by atoms with van der Waals surface area (Å²) in [6.45, 7) is 3.06. The molecule has 0 saturated heterocycles. The number of aliphatic imine (C=N–C) groups is 1. The Bertz CT molecular complexity index is 365. The lowest BCUT2D eigenvalue weighted by molar-refractivity contribution is 0.976. The number of amidine groups is 1. The van der Waals surface area contributed by atoms with Gasteiger partial charge in [0.25, 0.3) is 0 Å². The zero-order valence-electron chi connectivity index (χ0n) is 7.83. The summed E-state index contributed by atoms with van der Waals surface area (Å²) in [4.78, 5) is 4.37. The Morgan fingerprint density at radius 3 is 3.07 bits per heavy atom. The molecule has 0 bridgehead atoms. The van der Waals surface area contributed by atoms with Crippen LogP contribution < -0.4 is 5.32 Å². The average Bonchev–Trinajstić information content (AvgIpc) is 2.51. The number of anilines is 1. The van der Waals surface area contributed by atoms with Gasteiger partial charge in [-0.25, -0.2) is 0 Å². The number of hydrogen-bond acceptors (Lipinski definition) is 3. The number of thioether (sulfide) groups is 1. The summed E-state index contributed by atoms with van der Waals surface area (Å²) in [5, 5.41) is 5.55. The lowest BCUT2D eigenvalue weighted by atomic mass is 10.3. The Kier molecular flexibility index (Phi) is 2.99. The topological polar surface area (TPSA) is 24.4 Å². The predicted octanol–water partition coefficient (Wildman–Crippen LogP) is 3.24. The first kappa shape index (κ1) is 9.87. The van der Waals surface area contributed by atoms with Gasteiger partial charge in [-0.05, 0) is 18.2 Å². The summed E-state index contributed by atoms with van der Waals surface area (Å²) in [6.07, 6.45) is 0. The first-order valence-corrected chi connectivity index (χ1v) is 5.73. The first-order valence-electron chi connectivity index (χ1n) is 4.48. The van der Waals surface area contributed by atoms with Gasteiger partial charge in [-0.2, -0.15) is 0 Å². The summed E-state index contributed by atoms with van der Waals surface area (Å²) >= 11 is 7.63. The molecule has 1 aromatic carbocycles. The number of hydrogen-bond donors (Lipinski definition) is 1. The van der Waals surface area contributed by atoms with Gasteiger partial charge in [0.2, 0.25) is 0 Å². The quantitative estimate of drug-likeness (QED) is 0.795. The molecule has 0 aromatic heterocycles. The van der Waals surface area contributed by atoms with E-state index < -0.39 is 0 Å². The zero-order valence-corrected chi connectivity index (χ0v) is 9.40. The molecule has 2 rings (SSSR count). The van der Waals surface area contributed by atoms with Gasteiger partial charge in [0.05, 0.1) is 6.54 Å². The third kappa shape index (κ3) is 2.42. The second-order valence-corrected chi connectivity index (χ2v) is 5.07. The zero-order chi connectivity index (χ0) is 9.97. The third-order valence-electron chi connectivity index (χ3n) is 1.88. The van der Waals surface area contributed by atoms with Gasteiger partial charge < -0.3 is 5.32 Å². The van der Waals surface area contributed by atoms with Gasteiger partial charge in [-0.15, -0.1) is 0 Å². The highest BCUT2D eigenvalue weighted by Gasteiger charge is 2.14. The Labute approximate surface area is 92.8 Å². The standard InChI is InChI=1S/C10H11ClN2S/c1-7-6-12-10(14-7)13-9-4-2-3-8(11)5-9/h2-5,7H,6H2,1H3,(H,12,13)/t7-/m1/s1. The van der Waals surface area contributed by atoms with Crippen molar-refractivity contribution < 1.29 is 0 Å². The lowest BCUT2D eigenvalue weighted by Crippen LogP contribution is -2.05. The van der Waals surface area contributed by atoms with E-state index in [1.807, 2.05) is 24.3 Å². The van der Waals surface area contributed by atoms with Crippen LogP contribution in [0.25, 0.3) is 0 Å². The summed E-state index contributed by atoms with van der Waals surface area (Å²) in [7, 11) is 0. The monoisotopic (exact) mass is 226 g/mol. The van der Waals surface area contributed by atoms with Crippen LogP contribution in [0.2, 0.25) is 5.02 Å². The lowest BCUT2D eigenvalue weighted by Gasteiger charge is -2.05. The van der Waals surface area contributed by atoms with Gasteiger partial charge >= 0.3 is 0 Å². The van der Waals surface area contributed by atoms with Crippen molar-refractivity contribution in [3.05, 3.63) is 29.3 Å². The van der Waals surface area contributed by atoms with Gasteiger partial charge in [0.15, 0.2) is 5.17 Å². The molecule has 1 atom stereocenters. The van der Waals surface area contributed by atoms with Crippen molar-refractivity contribution in [1.82, 2.24) is 0 Å². The molecule has 1 aliphatic heterocycles. The van der Waals surface area contributed by atoms with Crippen molar-refractivity contribution >= 4 is 34.2 Å². The number of halogens is 1. The molecule has 1 N–H and O–H groups in total. The van der Waals surface area contributed by atoms with Crippen LogP contribution >= 0.6 is 23.4 Å². The molecule has 1 aromatic rings. The molecular weight excluding hydrogens is 216 g/mol. The first-order chi connectivity index (χ1) is 6.74. The minimum Gasteiger partial charge on any atom is -0.335 e.